The third-order valence-electron chi connectivity index (χ3n) is 2.28. The molecule has 1 atom stereocenters. The molecule has 0 aromatic rings. The van der Waals surface area contributed by atoms with Crippen molar-refractivity contribution in [3.63, 3.8) is 0 Å². The van der Waals surface area contributed by atoms with Gasteiger partial charge in [-0.15, -0.1) is 18.2 Å². The van der Waals surface area contributed by atoms with Crippen LogP contribution in [-0.4, -0.2) is 30.9 Å². The molecule has 0 aromatic carbocycles. The molecule has 1 aliphatic heterocycles. The van der Waals surface area contributed by atoms with E-state index in [9.17, 15) is 0 Å². The van der Waals surface area contributed by atoms with Crippen molar-refractivity contribution in [2.45, 2.75) is 36.3 Å². The average molecular weight is 193 g/mol. The largest absolute Gasteiger partial charge is 0.508 e. The Morgan fingerprint density at radius 2 is 2.00 bits per heavy atom. The van der Waals surface area contributed by atoms with Crippen LogP contribution in [-0.2, 0) is 3.79 Å². The van der Waals surface area contributed by atoms with Gasteiger partial charge in [-0.1, -0.05) is 11.1 Å². The van der Waals surface area contributed by atoms with Crippen LogP contribution in [0.4, 0.5) is 0 Å². The first-order valence-corrected chi connectivity index (χ1v) is 10.1. The Bertz CT molecular complexity index is 102. The number of rotatable bonds is 0. The van der Waals surface area contributed by atoms with Gasteiger partial charge < -0.3 is 3.79 Å². The van der Waals surface area contributed by atoms with E-state index < -0.39 is 12.6 Å². The van der Waals surface area contributed by atoms with Gasteiger partial charge in [0, 0.05) is 6.10 Å². The molecule has 0 saturated carbocycles. The molecule has 1 nitrogen and oxygen atoms in total. The fraction of sp³-hybridized carbons (Fsp3) is 1.00. The third kappa shape index (κ3) is 3.14. The smallest absolute Gasteiger partial charge is 0.374 e. The van der Waals surface area contributed by atoms with Gasteiger partial charge in [0.15, 0.2) is 0 Å². The van der Waals surface area contributed by atoms with E-state index >= 15 is 0 Å². The lowest BCUT2D eigenvalue weighted by molar-refractivity contribution is 0.218. The predicted molar refractivity (Wildman–Crippen MR) is 50.5 cm³/mol. The minimum absolute atomic E-state index is 0. The van der Waals surface area contributed by atoms with Gasteiger partial charge in [0.1, 0.15) is 0 Å². The maximum absolute atomic E-state index is 5.80. The van der Waals surface area contributed by atoms with E-state index in [1.165, 1.54) is 11.7 Å². The highest BCUT2D eigenvalue weighted by Gasteiger charge is 2.32. The van der Waals surface area contributed by atoms with Crippen molar-refractivity contribution in [3.8, 4) is 0 Å². The molecule has 0 radical (unpaired) electrons. The summed E-state index contributed by atoms with van der Waals surface area (Å²) in [5.41, 5.74) is 0. The molecule has 1 saturated heterocycles. The van der Waals surface area contributed by atoms with Gasteiger partial charge in [-0.25, -0.2) is 0 Å². The highest BCUT2D eigenvalue weighted by Crippen LogP contribution is 2.15. The second-order valence-electron chi connectivity index (χ2n) is 3.21. The Hall–Kier alpha value is 1.31. The summed E-state index contributed by atoms with van der Waals surface area (Å²) >= 11 is -0.918. The van der Waals surface area contributed by atoms with Crippen LogP contribution in [0.3, 0.4) is 0 Å². The fourth-order valence-electron chi connectivity index (χ4n) is 1.30. The molecule has 1 rings (SSSR count). The maximum atomic E-state index is 5.80. The fourth-order valence-corrected chi connectivity index (χ4v) is 7.50. The standard InChI is InChI=1S/C4H8O.2CH3.2Al.ClH/c1-3-4(2)5;;;;;/h4H,1,3H2,2H3;2*1H3;;;1H/q-1;;;;+1;. The van der Waals surface area contributed by atoms with E-state index in [0.29, 0.717) is 6.10 Å². The lowest BCUT2D eigenvalue weighted by Crippen LogP contribution is -2.40. The molecule has 10 heavy (non-hydrogen) atoms. The van der Waals surface area contributed by atoms with E-state index in [4.69, 9.17) is 3.79 Å². The molecular weight excluding hydrogens is 177 g/mol. The van der Waals surface area contributed by atoms with Crippen molar-refractivity contribution in [1.82, 2.24) is 0 Å². The Morgan fingerprint density at radius 3 is 2.40 bits per heavy atom. The summed E-state index contributed by atoms with van der Waals surface area (Å²) in [6.07, 6.45) is 1.93. The Kier molecular flexibility index (Phi) is 5.71. The Labute approximate surface area is 77.1 Å². The normalized spacial score (nSPS) is 26.1. The number of halogens is 1. The third-order valence-corrected chi connectivity index (χ3v) is 12.3. The molecule has 0 aliphatic carbocycles. The highest BCUT2D eigenvalue weighted by molar-refractivity contribution is 7.18. The minimum atomic E-state index is -0.608. The van der Waals surface area contributed by atoms with Gasteiger partial charge in [0.25, 0.3) is 0 Å². The topological polar surface area (TPSA) is 9.23 Å². The molecule has 4 heteroatoms. The van der Waals surface area contributed by atoms with Crippen molar-refractivity contribution in [3.05, 3.63) is 0 Å². The first-order valence-electron chi connectivity index (χ1n) is 3.85. The first-order chi connectivity index (χ1) is 4.20. The molecule has 0 bridgehead atoms. The van der Waals surface area contributed by atoms with E-state index in [0.717, 1.165) is 0 Å². The molecule has 0 amide bonds. The number of hydrogen-bond acceptors (Lipinski definition) is 1. The molecule has 0 spiro atoms. The van der Waals surface area contributed by atoms with Crippen LogP contribution in [0.25, 0.3) is 0 Å². The first kappa shape index (κ1) is 11.3. The van der Waals surface area contributed by atoms with Crippen molar-refractivity contribution in [2.24, 2.45) is 0 Å². The highest BCUT2D eigenvalue weighted by atomic mass is 35.5. The van der Waals surface area contributed by atoms with Crippen LogP contribution in [0.1, 0.15) is 13.3 Å². The van der Waals surface area contributed by atoms with Crippen LogP contribution in [0, 0.1) is 0 Å². The van der Waals surface area contributed by atoms with Crippen LogP contribution >= 0.6 is 12.4 Å². The van der Waals surface area contributed by atoms with Crippen molar-refractivity contribution in [1.29, 1.82) is 0 Å². The maximum Gasteiger partial charge on any atom is 0.374 e. The monoisotopic (exact) mass is 192 g/mol. The van der Waals surface area contributed by atoms with Crippen LogP contribution < -0.4 is 0 Å². The molecule has 1 heterocycles. The number of hydrogen-bond donors (Lipinski definition) is 0. The van der Waals surface area contributed by atoms with Gasteiger partial charge in [-0.05, 0) is 13.3 Å². The van der Waals surface area contributed by atoms with Crippen molar-refractivity contribution in [2.75, 3.05) is 0 Å². The zero-order valence-corrected chi connectivity index (χ0v) is 10.1. The Balaban J connectivity index is 0.000000810. The van der Waals surface area contributed by atoms with Gasteiger partial charge in [-0.3, -0.25) is 0 Å². The molecule has 1 unspecified atom stereocenters. The van der Waals surface area contributed by atoms with Gasteiger partial charge in [0.2, 0.25) is 12.2 Å². The van der Waals surface area contributed by atoms with E-state index in [2.05, 4.69) is 18.5 Å². The van der Waals surface area contributed by atoms with E-state index in [1.54, 1.807) is 0 Å². The summed E-state index contributed by atoms with van der Waals surface area (Å²) in [4.78, 5) is 0. The van der Waals surface area contributed by atoms with E-state index in [-0.39, 0.29) is 24.7 Å². The van der Waals surface area contributed by atoms with Crippen molar-refractivity contribution < 1.29 is 3.79 Å². The average Bonchev–Trinajstić information content (AvgIpc) is 1.80. The van der Waals surface area contributed by atoms with E-state index in [1.807, 2.05) is 0 Å². The summed E-state index contributed by atoms with van der Waals surface area (Å²) in [5.74, 6) is 4.83. The summed E-state index contributed by atoms with van der Waals surface area (Å²) in [7, 11) is 0. The second-order valence-corrected chi connectivity index (χ2v) is 13.7. The molecular formula is C6H15Al2ClO. The zero-order chi connectivity index (χ0) is 6.85. The molecule has 58 valence electrons. The summed E-state index contributed by atoms with van der Waals surface area (Å²) < 4.78 is 5.80. The van der Waals surface area contributed by atoms with Crippen LogP contribution in [0.2, 0.25) is 16.9 Å². The van der Waals surface area contributed by atoms with Crippen LogP contribution in [0.5, 0.6) is 0 Å². The summed E-state index contributed by atoms with van der Waals surface area (Å²) in [6, 6.07) is 0. The molecule has 1 fully saturated rings. The zero-order valence-electron chi connectivity index (χ0n) is 6.96. The SMILES string of the molecule is CC1C[CH2][Al]([CH3])[Al]([CH3])[O]1.Cl. The van der Waals surface area contributed by atoms with Gasteiger partial charge in [0.05, 0.1) is 0 Å². The quantitative estimate of drug-likeness (QED) is 0.534. The van der Waals surface area contributed by atoms with Gasteiger partial charge in [-0.2, -0.15) is 0 Å². The Morgan fingerprint density at radius 1 is 1.40 bits per heavy atom. The second kappa shape index (κ2) is 5.05. The summed E-state index contributed by atoms with van der Waals surface area (Å²) in [6.45, 7) is 2.21. The summed E-state index contributed by atoms with van der Waals surface area (Å²) in [5, 5.41) is 1.54. The predicted octanol–water partition coefficient (Wildman–Crippen LogP) is 2.04. The minimum Gasteiger partial charge on any atom is -0.508 e. The lowest BCUT2D eigenvalue weighted by atomic mass is 10.3. The molecule has 1 aliphatic rings. The molecule has 0 N–H and O–H groups in total. The molecule has 0 aromatic heterocycles. The lowest BCUT2D eigenvalue weighted by Gasteiger charge is -2.25. The van der Waals surface area contributed by atoms with Gasteiger partial charge >= 0.3 is 12.6 Å². The van der Waals surface area contributed by atoms with Crippen LogP contribution in [0.15, 0.2) is 0 Å². The van der Waals surface area contributed by atoms with Crippen molar-refractivity contribution >= 4 is 37.2 Å².